The van der Waals surface area contributed by atoms with Crippen LogP contribution in [0, 0.1) is 18.8 Å². The molecule has 0 aromatic carbocycles. The van der Waals surface area contributed by atoms with Crippen LogP contribution in [-0.2, 0) is 13.6 Å². The minimum absolute atomic E-state index is 0.224. The van der Waals surface area contributed by atoms with Crippen LogP contribution >= 0.6 is 0 Å². The highest BCUT2D eigenvalue weighted by Crippen LogP contribution is 2.06. The van der Waals surface area contributed by atoms with E-state index in [1.165, 1.54) is 6.20 Å². The van der Waals surface area contributed by atoms with Crippen LogP contribution in [0.25, 0.3) is 0 Å². The molecule has 2 heterocycles. The molecule has 0 aliphatic heterocycles. The van der Waals surface area contributed by atoms with Crippen LogP contribution in [0.3, 0.4) is 0 Å². The third kappa shape index (κ3) is 3.68. The molecule has 0 saturated carbocycles. The standard InChI is InChI=1S/C15H16N4O2/c1-11-14(10-18-19(11)2)9-17-15(21)13-6-12(4-3-5-20)7-16-8-13/h6-8,10,20H,5,9H2,1-2H3,(H,17,21). The van der Waals surface area contributed by atoms with Gasteiger partial charge in [-0.05, 0) is 13.0 Å². The Balaban J connectivity index is 2.05. The summed E-state index contributed by atoms with van der Waals surface area (Å²) in [4.78, 5) is 16.1. The summed E-state index contributed by atoms with van der Waals surface area (Å²) < 4.78 is 1.76. The maximum absolute atomic E-state index is 12.1. The molecule has 0 aliphatic carbocycles. The summed E-state index contributed by atoms with van der Waals surface area (Å²) in [6.45, 7) is 2.13. The van der Waals surface area contributed by atoms with Gasteiger partial charge in [-0.25, -0.2) is 0 Å². The summed E-state index contributed by atoms with van der Waals surface area (Å²) in [6, 6.07) is 1.64. The molecule has 0 fully saturated rings. The van der Waals surface area contributed by atoms with E-state index < -0.39 is 0 Å². The van der Waals surface area contributed by atoms with E-state index in [1.54, 1.807) is 23.1 Å². The lowest BCUT2D eigenvalue weighted by Gasteiger charge is -2.05. The second kappa shape index (κ2) is 6.68. The van der Waals surface area contributed by atoms with E-state index in [1.807, 2.05) is 14.0 Å². The van der Waals surface area contributed by atoms with Gasteiger partial charge in [-0.3, -0.25) is 14.5 Å². The molecule has 2 rings (SSSR count). The van der Waals surface area contributed by atoms with E-state index in [4.69, 9.17) is 5.11 Å². The average Bonchev–Trinajstić information content (AvgIpc) is 2.82. The monoisotopic (exact) mass is 284 g/mol. The molecule has 108 valence electrons. The third-order valence-electron chi connectivity index (χ3n) is 3.09. The van der Waals surface area contributed by atoms with Crippen molar-refractivity contribution in [1.29, 1.82) is 0 Å². The molecule has 0 radical (unpaired) electrons. The maximum Gasteiger partial charge on any atom is 0.253 e. The van der Waals surface area contributed by atoms with Gasteiger partial charge in [0.2, 0.25) is 0 Å². The smallest absolute Gasteiger partial charge is 0.253 e. The number of pyridine rings is 1. The number of amides is 1. The Morgan fingerprint density at radius 3 is 2.90 bits per heavy atom. The highest BCUT2D eigenvalue weighted by atomic mass is 16.2. The fourth-order valence-corrected chi connectivity index (χ4v) is 1.77. The first-order chi connectivity index (χ1) is 10.1. The van der Waals surface area contributed by atoms with Crippen LogP contribution in [0.5, 0.6) is 0 Å². The molecule has 0 unspecified atom stereocenters. The Hall–Kier alpha value is -2.65. The first-order valence-corrected chi connectivity index (χ1v) is 6.42. The summed E-state index contributed by atoms with van der Waals surface area (Å²) in [7, 11) is 1.86. The van der Waals surface area contributed by atoms with E-state index in [-0.39, 0.29) is 12.5 Å². The number of nitrogens with one attached hydrogen (secondary N) is 1. The molecule has 0 bridgehead atoms. The van der Waals surface area contributed by atoms with Crippen molar-refractivity contribution >= 4 is 5.91 Å². The molecule has 2 aromatic heterocycles. The number of carbonyl (C=O) groups is 1. The van der Waals surface area contributed by atoms with Crippen molar-refractivity contribution < 1.29 is 9.90 Å². The van der Waals surface area contributed by atoms with Gasteiger partial charge in [0.05, 0.1) is 11.8 Å². The molecular weight excluding hydrogens is 268 g/mol. The zero-order valence-corrected chi connectivity index (χ0v) is 11.9. The van der Waals surface area contributed by atoms with Crippen LogP contribution in [0.1, 0.15) is 27.2 Å². The van der Waals surface area contributed by atoms with E-state index in [0.29, 0.717) is 17.7 Å². The minimum atomic E-state index is -0.225. The van der Waals surface area contributed by atoms with Crippen molar-refractivity contribution in [2.24, 2.45) is 7.05 Å². The van der Waals surface area contributed by atoms with Gasteiger partial charge in [0.1, 0.15) is 6.61 Å². The van der Waals surface area contributed by atoms with Crippen molar-refractivity contribution in [2.45, 2.75) is 13.5 Å². The molecule has 0 saturated heterocycles. The number of aliphatic hydroxyl groups excluding tert-OH is 1. The molecule has 0 atom stereocenters. The second-order valence-corrected chi connectivity index (χ2v) is 4.48. The third-order valence-corrected chi connectivity index (χ3v) is 3.09. The van der Waals surface area contributed by atoms with Gasteiger partial charge in [0.15, 0.2) is 0 Å². The minimum Gasteiger partial charge on any atom is -0.384 e. The number of aryl methyl sites for hydroxylation is 1. The summed E-state index contributed by atoms with van der Waals surface area (Å²) in [6.07, 6.45) is 4.76. The average molecular weight is 284 g/mol. The van der Waals surface area contributed by atoms with Crippen LogP contribution in [0.2, 0.25) is 0 Å². The SMILES string of the molecule is Cc1c(CNC(=O)c2cncc(C#CCO)c2)cnn1C. The van der Waals surface area contributed by atoms with Crippen molar-refractivity contribution in [3.8, 4) is 11.8 Å². The molecule has 2 N–H and O–H groups in total. The summed E-state index contributed by atoms with van der Waals surface area (Å²) >= 11 is 0. The molecule has 2 aromatic rings. The van der Waals surface area contributed by atoms with Crippen LogP contribution in [0.4, 0.5) is 0 Å². The van der Waals surface area contributed by atoms with Crippen molar-refractivity contribution in [3.05, 3.63) is 47.0 Å². The number of hydrogen-bond donors (Lipinski definition) is 2. The topological polar surface area (TPSA) is 80.0 Å². The van der Waals surface area contributed by atoms with Gasteiger partial charge in [-0.15, -0.1) is 0 Å². The van der Waals surface area contributed by atoms with Gasteiger partial charge in [-0.1, -0.05) is 11.8 Å². The molecule has 0 aliphatic rings. The number of nitrogens with zero attached hydrogens (tertiary/aromatic N) is 3. The Bertz CT molecular complexity index is 710. The maximum atomic E-state index is 12.1. The fraction of sp³-hybridized carbons (Fsp3) is 0.267. The largest absolute Gasteiger partial charge is 0.384 e. The number of aliphatic hydroxyl groups is 1. The zero-order chi connectivity index (χ0) is 15.2. The van der Waals surface area contributed by atoms with Gasteiger partial charge < -0.3 is 10.4 Å². The van der Waals surface area contributed by atoms with Crippen molar-refractivity contribution in [3.63, 3.8) is 0 Å². The van der Waals surface area contributed by atoms with Gasteiger partial charge >= 0.3 is 0 Å². The first-order valence-electron chi connectivity index (χ1n) is 6.42. The quantitative estimate of drug-likeness (QED) is 0.799. The normalized spacial score (nSPS) is 9.86. The summed E-state index contributed by atoms with van der Waals surface area (Å²) in [5.74, 6) is 5.02. The lowest BCUT2D eigenvalue weighted by Crippen LogP contribution is -2.23. The Labute approximate surface area is 122 Å². The van der Waals surface area contributed by atoms with E-state index in [2.05, 4.69) is 27.2 Å². The van der Waals surface area contributed by atoms with Crippen LogP contribution in [-0.4, -0.2) is 32.4 Å². The van der Waals surface area contributed by atoms with Crippen LogP contribution in [0.15, 0.2) is 24.7 Å². The fourth-order valence-electron chi connectivity index (χ4n) is 1.77. The summed E-state index contributed by atoms with van der Waals surface area (Å²) in [5, 5.41) is 15.6. The van der Waals surface area contributed by atoms with Gasteiger partial charge in [-0.2, -0.15) is 5.10 Å². The number of rotatable bonds is 3. The van der Waals surface area contributed by atoms with Crippen molar-refractivity contribution in [2.75, 3.05) is 6.61 Å². The zero-order valence-electron chi connectivity index (χ0n) is 11.9. The molecule has 6 nitrogen and oxygen atoms in total. The highest BCUT2D eigenvalue weighted by molar-refractivity contribution is 5.94. The Morgan fingerprint density at radius 1 is 1.43 bits per heavy atom. The Kier molecular flexibility index (Phi) is 4.69. The molecule has 0 spiro atoms. The predicted octanol–water partition coefficient (Wildman–Crippen LogP) is 0.397. The molecule has 1 amide bonds. The predicted molar refractivity (Wildman–Crippen MR) is 77.3 cm³/mol. The molecule has 6 heteroatoms. The van der Waals surface area contributed by atoms with Crippen LogP contribution < -0.4 is 5.32 Å². The lowest BCUT2D eigenvalue weighted by molar-refractivity contribution is 0.0950. The number of carbonyl (C=O) groups excluding carboxylic acids is 1. The van der Waals surface area contributed by atoms with E-state index >= 15 is 0 Å². The van der Waals surface area contributed by atoms with E-state index in [0.717, 1.165) is 11.3 Å². The lowest BCUT2D eigenvalue weighted by atomic mass is 10.2. The van der Waals surface area contributed by atoms with Gasteiger partial charge in [0, 0.05) is 42.8 Å². The van der Waals surface area contributed by atoms with Crippen molar-refractivity contribution in [1.82, 2.24) is 20.1 Å². The Morgan fingerprint density at radius 2 is 2.24 bits per heavy atom. The second-order valence-electron chi connectivity index (χ2n) is 4.48. The first kappa shape index (κ1) is 14.8. The summed E-state index contributed by atoms with van der Waals surface area (Å²) in [5.41, 5.74) is 3.00. The van der Waals surface area contributed by atoms with E-state index in [9.17, 15) is 4.79 Å². The number of hydrogen-bond acceptors (Lipinski definition) is 4. The number of aromatic nitrogens is 3. The highest BCUT2D eigenvalue weighted by Gasteiger charge is 2.09. The van der Waals surface area contributed by atoms with Gasteiger partial charge in [0.25, 0.3) is 5.91 Å². The molecular formula is C15H16N4O2. The molecule has 21 heavy (non-hydrogen) atoms.